The van der Waals surface area contributed by atoms with E-state index in [0.29, 0.717) is 25.2 Å². The van der Waals surface area contributed by atoms with E-state index >= 15 is 0 Å². The molecule has 1 aliphatic heterocycles. The van der Waals surface area contributed by atoms with E-state index in [1.54, 1.807) is 6.07 Å². The van der Waals surface area contributed by atoms with Gasteiger partial charge in [-0.05, 0) is 62.7 Å². The van der Waals surface area contributed by atoms with Gasteiger partial charge in [0, 0.05) is 42.7 Å². The predicted molar refractivity (Wildman–Crippen MR) is 163 cm³/mol. The van der Waals surface area contributed by atoms with Gasteiger partial charge in [0.15, 0.2) is 23.0 Å². The van der Waals surface area contributed by atoms with Crippen molar-refractivity contribution in [1.29, 1.82) is 0 Å². The molecule has 0 bridgehead atoms. The van der Waals surface area contributed by atoms with E-state index in [-0.39, 0.29) is 63.4 Å². The van der Waals surface area contributed by atoms with Crippen LogP contribution < -0.4 is 26.0 Å². The van der Waals surface area contributed by atoms with Gasteiger partial charge in [-0.15, -0.1) is 12.4 Å². The molecule has 4 aromatic rings. The molecular weight excluding hydrogens is 641 g/mol. The highest BCUT2D eigenvalue weighted by Crippen LogP contribution is 2.32. The summed E-state index contributed by atoms with van der Waals surface area (Å²) < 4.78 is 59.6. The van der Waals surface area contributed by atoms with Crippen molar-refractivity contribution in [2.75, 3.05) is 31.5 Å². The van der Waals surface area contributed by atoms with Crippen LogP contribution in [0.1, 0.15) is 29.6 Å². The van der Waals surface area contributed by atoms with Gasteiger partial charge in [-0.3, -0.25) is 14.0 Å². The van der Waals surface area contributed by atoms with E-state index in [1.165, 1.54) is 35.1 Å². The number of rotatable bonds is 11. The van der Waals surface area contributed by atoms with Crippen LogP contribution in [-0.2, 0) is 4.79 Å². The predicted octanol–water partition coefficient (Wildman–Crippen LogP) is 5.33. The standard InChI is InChI=1S/C29H28ClF4N7O3.ClH/c30-20-14-17(2-3-18(20)28(43)38-9-1-8-37-27(42)16-6-10-35-11-7-16)40-25-26-39-15-21(41(26)13-12-36-25)19-4-5-22(44-29(33)34)24(32)23(19)31;/h2-5,12-16,29,35H,1,6-11H2,(H,36,40)(H,37,42)(H,38,43);1H. The maximum Gasteiger partial charge on any atom is 0.387 e. The maximum absolute atomic E-state index is 14.8. The molecule has 0 saturated carbocycles. The third kappa shape index (κ3) is 7.93. The van der Waals surface area contributed by atoms with Crippen LogP contribution in [0.3, 0.4) is 0 Å². The van der Waals surface area contributed by atoms with Crippen molar-refractivity contribution < 1.29 is 31.9 Å². The third-order valence-electron chi connectivity index (χ3n) is 7.09. The lowest BCUT2D eigenvalue weighted by molar-refractivity contribution is -0.125. The number of ether oxygens (including phenoxy) is 1. The van der Waals surface area contributed by atoms with Crippen LogP contribution in [0.2, 0.25) is 5.02 Å². The molecule has 5 rings (SSSR count). The number of imidazole rings is 1. The molecule has 10 nitrogen and oxygen atoms in total. The Balaban J connectivity index is 0.00000461. The second-order valence-electron chi connectivity index (χ2n) is 9.98. The van der Waals surface area contributed by atoms with Crippen molar-refractivity contribution in [3.8, 4) is 17.0 Å². The van der Waals surface area contributed by atoms with Crippen LogP contribution in [0.15, 0.2) is 48.9 Å². The van der Waals surface area contributed by atoms with Crippen LogP contribution in [0.5, 0.6) is 5.75 Å². The number of aromatic nitrogens is 3. The van der Waals surface area contributed by atoms with Crippen molar-refractivity contribution >= 4 is 53.0 Å². The first kappa shape index (κ1) is 33.7. The van der Waals surface area contributed by atoms with Gasteiger partial charge in [-0.2, -0.15) is 13.2 Å². The number of hydrogen-bond acceptors (Lipinski definition) is 7. The molecule has 4 N–H and O–H groups in total. The van der Waals surface area contributed by atoms with E-state index in [0.717, 1.165) is 38.1 Å². The second kappa shape index (κ2) is 15.2. The summed E-state index contributed by atoms with van der Waals surface area (Å²) >= 11 is 6.40. The fraction of sp³-hybridized carbons (Fsp3) is 0.310. The number of fused-ring (bicyclic) bond motifs is 1. The first-order valence-corrected chi connectivity index (χ1v) is 14.2. The normalized spacial score (nSPS) is 13.4. The Morgan fingerprint density at radius 2 is 1.82 bits per heavy atom. The van der Waals surface area contributed by atoms with Crippen LogP contribution in [0, 0.1) is 17.6 Å². The molecule has 1 fully saturated rings. The first-order chi connectivity index (χ1) is 21.2. The highest BCUT2D eigenvalue weighted by atomic mass is 35.5. The molecule has 45 heavy (non-hydrogen) atoms. The number of nitrogens with one attached hydrogen (secondary N) is 4. The Labute approximate surface area is 266 Å². The van der Waals surface area contributed by atoms with Crippen LogP contribution >= 0.6 is 24.0 Å². The molecule has 0 aliphatic carbocycles. The Bertz CT molecular complexity index is 1670. The summed E-state index contributed by atoms with van der Waals surface area (Å²) in [6.07, 6.45) is 6.36. The monoisotopic (exact) mass is 669 g/mol. The molecule has 1 saturated heterocycles. The lowest BCUT2D eigenvalue weighted by atomic mass is 9.97. The van der Waals surface area contributed by atoms with E-state index in [9.17, 15) is 27.2 Å². The molecule has 0 atom stereocenters. The van der Waals surface area contributed by atoms with Crippen molar-refractivity contribution in [2.24, 2.45) is 5.92 Å². The number of nitrogens with zero attached hydrogens (tertiary/aromatic N) is 3. The van der Waals surface area contributed by atoms with E-state index in [2.05, 4.69) is 36.0 Å². The van der Waals surface area contributed by atoms with Crippen LogP contribution in [0.25, 0.3) is 16.9 Å². The molecule has 240 valence electrons. The highest BCUT2D eigenvalue weighted by molar-refractivity contribution is 6.34. The van der Waals surface area contributed by atoms with Gasteiger partial charge in [0.05, 0.1) is 22.5 Å². The molecule has 3 heterocycles. The highest BCUT2D eigenvalue weighted by Gasteiger charge is 2.22. The van der Waals surface area contributed by atoms with E-state index in [1.807, 2.05) is 0 Å². The molecule has 0 spiro atoms. The van der Waals surface area contributed by atoms with E-state index in [4.69, 9.17) is 11.6 Å². The Morgan fingerprint density at radius 1 is 1.07 bits per heavy atom. The van der Waals surface area contributed by atoms with Gasteiger partial charge in [-0.25, -0.2) is 14.4 Å². The molecule has 0 radical (unpaired) electrons. The number of alkyl halides is 2. The molecular formula is C29H29Cl2F4N7O3. The fourth-order valence-electron chi connectivity index (χ4n) is 4.86. The second-order valence-corrected chi connectivity index (χ2v) is 10.4. The molecule has 2 aromatic carbocycles. The number of anilines is 2. The summed E-state index contributed by atoms with van der Waals surface area (Å²) in [6, 6.07) is 6.71. The maximum atomic E-state index is 14.8. The Morgan fingerprint density at radius 3 is 2.56 bits per heavy atom. The number of carbonyl (C=O) groups excluding carboxylic acids is 2. The molecule has 16 heteroatoms. The van der Waals surface area contributed by atoms with Gasteiger partial charge in [0.25, 0.3) is 5.91 Å². The lowest BCUT2D eigenvalue weighted by Crippen LogP contribution is -2.39. The summed E-state index contributed by atoms with van der Waals surface area (Å²) in [4.78, 5) is 33.4. The van der Waals surface area contributed by atoms with Gasteiger partial charge in [0.2, 0.25) is 11.7 Å². The molecule has 2 amide bonds. The lowest BCUT2D eigenvalue weighted by Gasteiger charge is -2.21. The smallest absolute Gasteiger partial charge is 0.387 e. The summed E-state index contributed by atoms with van der Waals surface area (Å²) in [5.74, 6) is -3.90. The third-order valence-corrected chi connectivity index (χ3v) is 7.40. The zero-order chi connectivity index (χ0) is 31.2. The minimum absolute atomic E-state index is 0. The average molecular weight is 670 g/mol. The van der Waals surface area contributed by atoms with Crippen molar-refractivity contribution in [3.05, 3.63) is 71.1 Å². The summed E-state index contributed by atoms with van der Waals surface area (Å²) in [5, 5.41) is 12.2. The number of piperidine rings is 1. The number of amides is 2. The summed E-state index contributed by atoms with van der Waals surface area (Å²) in [6.45, 7) is -0.833. The summed E-state index contributed by atoms with van der Waals surface area (Å²) in [5.41, 5.74) is 0.892. The number of hydrogen-bond donors (Lipinski definition) is 4. The zero-order valence-electron chi connectivity index (χ0n) is 23.6. The van der Waals surface area contributed by atoms with Gasteiger partial charge in [-0.1, -0.05) is 11.6 Å². The van der Waals surface area contributed by atoms with Crippen LogP contribution in [0.4, 0.5) is 29.1 Å². The Hall–Kier alpha value is -4.14. The Kier molecular flexibility index (Phi) is 11.4. The molecule has 0 unspecified atom stereocenters. The minimum atomic E-state index is -3.31. The number of benzene rings is 2. The van der Waals surface area contributed by atoms with E-state index < -0.39 is 24.0 Å². The van der Waals surface area contributed by atoms with Crippen molar-refractivity contribution in [3.63, 3.8) is 0 Å². The molecule has 2 aromatic heterocycles. The van der Waals surface area contributed by atoms with Crippen molar-refractivity contribution in [1.82, 2.24) is 30.3 Å². The van der Waals surface area contributed by atoms with Gasteiger partial charge >= 0.3 is 6.61 Å². The van der Waals surface area contributed by atoms with Gasteiger partial charge in [0.1, 0.15) is 0 Å². The quantitative estimate of drug-likeness (QED) is 0.126. The minimum Gasteiger partial charge on any atom is -0.432 e. The fourth-order valence-corrected chi connectivity index (χ4v) is 5.13. The SMILES string of the molecule is Cl.O=C(NCCCNC(=O)C1CCNCC1)c1ccc(Nc2nccn3c(-c4ccc(OC(F)F)c(F)c4F)cnc23)cc1Cl. The van der Waals surface area contributed by atoms with Gasteiger partial charge < -0.3 is 26.0 Å². The number of carbonyl (C=O) groups is 2. The topological polar surface area (TPSA) is 122 Å². The number of halogens is 6. The largest absolute Gasteiger partial charge is 0.432 e. The van der Waals surface area contributed by atoms with Crippen molar-refractivity contribution in [2.45, 2.75) is 25.9 Å². The molecule has 1 aliphatic rings. The summed E-state index contributed by atoms with van der Waals surface area (Å²) in [7, 11) is 0. The van der Waals surface area contributed by atoms with Crippen LogP contribution in [-0.4, -0.2) is 59.0 Å². The average Bonchev–Trinajstić information content (AvgIpc) is 3.44. The first-order valence-electron chi connectivity index (χ1n) is 13.8. The zero-order valence-corrected chi connectivity index (χ0v) is 25.2.